The van der Waals surface area contributed by atoms with Crippen LogP contribution in [-0.2, 0) is 0 Å². The molecule has 0 saturated heterocycles. The summed E-state index contributed by atoms with van der Waals surface area (Å²) in [4.78, 5) is 0. The van der Waals surface area contributed by atoms with Gasteiger partial charge in [-0.3, -0.25) is 0 Å². The van der Waals surface area contributed by atoms with Crippen LogP contribution in [0.25, 0.3) is 0 Å². The van der Waals surface area contributed by atoms with Crippen LogP contribution in [0.5, 0.6) is 0 Å². The maximum Gasteiger partial charge on any atom is 0.0315 e. The van der Waals surface area contributed by atoms with Gasteiger partial charge in [0, 0.05) is 12.6 Å². The topological polar surface area (TPSA) is 76.7 Å². The summed E-state index contributed by atoms with van der Waals surface area (Å²) in [5.74, 6) is 0. The fourth-order valence-electron chi connectivity index (χ4n) is 0.632. The lowest BCUT2D eigenvalue weighted by atomic mass is 10.4. The molecule has 0 spiro atoms. The maximum absolute atomic E-state index is 10.5. The van der Waals surface area contributed by atoms with Crippen molar-refractivity contribution in [3.8, 4) is 0 Å². The van der Waals surface area contributed by atoms with Gasteiger partial charge in [-0.15, -0.1) is 0 Å². The van der Waals surface area contributed by atoms with Gasteiger partial charge in [-0.25, -0.2) is 11.0 Å². The van der Waals surface area contributed by atoms with Gasteiger partial charge in [0.05, 0.1) is 0 Å². The SMILES string of the molecule is CC(CN(C)[O-])NNN(C)[O-]. The predicted octanol–water partition coefficient (Wildman–Crippen LogP) is -0.757. The van der Waals surface area contributed by atoms with E-state index >= 15 is 0 Å². The lowest BCUT2D eigenvalue weighted by Gasteiger charge is -2.30. The second kappa shape index (κ2) is 5.42. The van der Waals surface area contributed by atoms with Gasteiger partial charge in [0.2, 0.25) is 0 Å². The highest BCUT2D eigenvalue weighted by Gasteiger charge is 1.97. The summed E-state index contributed by atoms with van der Waals surface area (Å²) in [7, 11) is 2.75. The van der Waals surface area contributed by atoms with E-state index in [4.69, 9.17) is 0 Å². The van der Waals surface area contributed by atoms with E-state index < -0.39 is 0 Å². The highest BCUT2D eigenvalue weighted by molar-refractivity contribution is 4.61. The normalized spacial score (nSPS) is 14.5. The minimum atomic E-state index is -0.0612. The fourth-order valence-corrected chi connectivity index (χ4v) is 0.632. The second-order valence-corrected chi connectivity index (χ2v) is 2.47. The van der Waals surface area contributed by atoms with E-state index in [0.717, 1.165) is 5.06 Å². The number of nitrogens with one attached hydrogen (secondary N) is 2. The maximum atomic E-state index is 10.5. The first-order valence-corrected chi connectivity index (χ1v) is 3.32. The van der Waals surface area contributed by atoms with Gasteiger partial charge in [0.25, 0.3) is 0 Å². The third-order valence-electron chi connectivity index (χ3n) is 0.999. The molecule has 6 heteroatoms. The Morgan fingerprint density at radius 1 is 1.36 bits per heavy atom. The summed E-state index contributed by atoms with van der Waals surface area (Å²) in [5, 5.41) is 22.1. The number of nitrogens with zero attached hydrogens (tertiary/aromatic N) is 2. The molecule has 0 aromatic heterocycles. The van der Waals surface area contributed by atoms with Crippen molar-refractivity contribution in [2.45, 2.75) is 13.0 Å². The van der Waals surface area contributed by atoms with Crippen molar-refractivity contribution >= 4 is 0 Å². The first-order valence-electron chi connectivity index (χ1n) is 3.32. The Morgan fingerprint density at radius 2 is 1.91 bits per heavy atom. The van der Waals surface area contributed by atoms with Crippen molar-refractivity contribution in [3.63, 3.8) is 0 Å². The van der Waals surface area contributed by atoms with Crippen LogP contribution in [0.2, 0.25) is 0 Å². The molecule has 0 aliphatic heterocycles. The van der Waals surface area contributed by atoms with E-state index in [1.54, 1.807) is 6.92 Å². The highest BCUT2D eigenvalue weighted by Crippen LogP contribution is 1.83. The summed E-state index contributed by atoms with van der Waals surface area (Å²) >= 11 is 0. The van der Waals surface area contributed by atoms with E-state index in [0.29, 0.717) is 11.7 Å². The largest absolute Gasteiger partial charge is 0.785 e. The number of rotatable bonds is 5. The van der Waals surface area contributed by atoms with Gasteiger partial charge < -0.3 is 20.6 Å². The summed E-state index contributed by atoms with van der Waals surface area (Å²) in [6, 6.07) is -0.0612. The van der Waals surface area contributed by atoms with Crippen molar-refractivity contribution in [2.24, 2.45) is 0 Å². The third-order valence-corrected chi connectivity index (χ3v) is 0.999. The van der Waals surface area contributed by atoms with Crippen LogP contribution in [0.15, 0.2) is 0 Å². The molecule has 1 unspecified atom stereocenters. The molecule has 0 aromatic rings. The average molecular weight is 162 g/mol. The molecule has 11 heavy (non-hydrogen) atoms. The van der Waals surface area contributed by atoms with Gasteiger partial charge in [-0.1, -0.05) is 0 Å². The summed E-state index contributed by atoms with van der Waals surface area (Å²) in [5.41, 5.74) is 4.95. The molecule has 0 heterocycles. The molecule has 1 atom stereocenters. The van der Waals surface area contributed by atoms with Gasteiger partial charge in [-0.05, 0) is 21.0 Å². The van der Waals surface area contributed by atoms with Gasteiger partial charge in [0.1, 0.15) is 0 Å². The molecule has 0 saturated carbocycles. The summed E-state index contributed by atoms with van der Waals surface area (Å²) in [6.07, 6.45) is 0. The van der Waals surface area contributed by atoms with Crippen LogP contribution in [0, 0.1) is 10.4 Å². The van der Waals surface area contributed by atoms with E-state index in [9.17, 15) is 10.4 Å². The molecule has 2 N–H and O–H groups in total. The van der Waals surface area contributed by atoms with Crippen LogP contribution in [0.3, 0.4) is 0 Å². The van der Waals surface area contributed by atoms with Crippen LogP contribution in [-0.4, -0.2) is 36.9 Å². The Morgan fingerprint density at radius 3 is 2.27 bits per heavy atom. The number of hydrogen-bond acceptors (Lipinski definition) is 6. The first-order chi connectivity index (χ1) is 5.02. The standard InChI is InChI=1S/C5H14N4O2/c1-5(4-8(2)10)6-7-9(3)11/h5-7H,4H2,1-3H3/q-2. The number of hydrogen-bond donors (Lipinski definition) is 2. The van der Waals surface area contributed by atoms with E-state index in [1.165, 1.54) is 14.1 Å². The Labute approximate surface area is 66.3 Å². The highest BCUT2D eigenvalue weighted by atomic mass is 16.5. The van der Waals surface area contributed by atoms with E-state index in [2.05, 4.69) is 11.0 Å². The quantitative estimate of drug-likeness (QED) is 0.518. The second-order valence-electron chi connectivity index (χ2n) is 2.47. The smallest absolute Gasteiger partial charge is 0.0315 e. The Balaban J connectivity index is 3.29. The van der Waals surface area contributed by atoms with E-state index in [-0.39, 0.29) is 6.04 Å². The van der Waals surface area contributed by atoms with Gasteiger partial charge >= 0.3 is 0 Å². The molecule has 0 radical (unpaired) electrons. The Kier molecular flexibility index (Phi) is 5.30. The molecule has 6 nitrogen and oxygen atoms in total. The van der Waals surface area contributed by atoms with Crippen molar-refractivity contribution < 1.29 is 0 Å². The summed E-state index contributed by atoms with van der Waals surface area (Å²) in [6.45, 7) is 2.13. The predicted molar refractivity (Wildman–Crippen MR) is 42.9 cm³/mol. The molecule has 0 aliphatic carbocycles. The molecule has 0 aromatic carbocycles. The molecule has 0 bridgehead atoms. The molecule has 0 aliphatic rings. The summed E-state index contributed by atoms with van der Waals surface area (Å²) < 4.78 is 0. The van der Waals surface area contributed by atoms with Gasteiger partial charge in [-0.2, -0.15) is 0 Å². The fraction of sp³-hybridized carbons (Fsp3) is 1.00. The lowest BCUT2D eigenvalue weighted by Crippen LogP contribution is -2.48. The van der Waals surface area contributed by atoms with Crippen molar-refractivity contribution in [2.75, 3.05) is 20.6 Å². The van der Waals surface area contributed by atoms with Crippen LogP contribution in [0.1, 0.15) is 6.92 Å². The average Bonchev–Trinajstić information content (AvgIpc) is 1.82. The van der Waals surface area contributed by atoms with E-state index in [1.807, 2.05) is 0 Å². The zero-order chi connectivity index (χ0) is 8.85. The molecular formula is C5H14N4O2-2. The molecule has 0 rings (SSSR count). The van der Waals surface area contributed by atoms with Crippen LogP contribution < -0.4 is 11.0 Å². The number of hydrazine groups is 2. The molecule has 0 amide bonds. The van der Waals surface area contributed by atoms with Crippen molar-refractivity contribution in [1.82, 2.24) is 21.2 Å². The monoisotopic (exact) mass is 162 g/mol. The third kappa shape index (κ3) is 7.66. The lowest BCUT2D eigenvalue weighted by molar-refractivity contribution is 0.229. The number of likely N-dealkylation sites (N-methyl/N-ethyl adjacent to an activating group) is 1. The zero-order valence-corrected chi connectivity index (χ0v) is 7.00. The van der Waals surface area contributed by atoms with Crippen LogP contribution >= 0.6 is 0 Å². The van der Waals surface area contributed by atoms with Gasteiger partial charge in [0.15, 0.2) is 0 Å². The Bertz CT molecular complexity index is 98.5. The molecule has 0 fully saturated rings. The zero-order valence-electron chi connectivity index (χ0n) is 7.00. The minimum Gasteiger partial charge on any atom is -0.785 e. The van der Waals surface area contributed by atoms with Crippen molar-refractivity contribution in [1.29, 1.82) is 0 Å². The number of hydroxylamine groups is 3. The molecule has 68 valence electrons. The van der Waals surface area contributed by atoms with Crippen molar-refractivity contribution in [3.05, 3.63) is 10.4 Å². The Hall–Kier alpha value is -0.240. The first kappa shape index (κ1) is 10.8. The minimum absolute atomic E-state index is 0.0612. The molecular weight excluding hydrogens is 148 g/mol. The van der Waals surface area contributed by atoms with Crippen LogP contribution in [0.4, 0.5) is 0 Å².